The van der Waals surface area contributed by atoms with Gasteiger partial charge in [0.25, 0.3) is 0 Å². The van der Waals surface area contributed by atoms with Gasteiger partial charge in [-0.15, -0.1) is 0 Å². The first-order chi connectivity index (χ1) is 18.4. The number of carbonyl (C=O) groups excluding carboxylic acids is 4. The van der Waals surface area contributed by atoms with E-state index in [9.17, 15) is 19.2 Å². The molecule has 2 aromatic carbocycles. The van der Waals surface area contributed by atoms with Crippen LogP contribution >= 0.6 is 0 Å². The molecule has 0 aliphatic heterocycles. The standard InChI is InChI=1S/C30H30O8/c1-35-27(31)23-17-15-21(19-25(23)29(33)37-3)13-11-9-7-5-6-8-10-12-14-22-16-18-24(28(32)36-2)26(20-22)30(34)38-4/h15-20H,5-10H2,1-4H3. The molecule has 198 valence electrons. The molecule has 0 fully saturated rings. The van der Waals surface area contributed by atoms with Crippen molar-refractivity contribution in [2.75, 3.05) is 28.4 Å². The van der Waals surface area contributed by atoms with Crippen LogP contribution in [-0.2, 0) is 18.9 Å². The van der Waals surface area contributed by atoms with Crippen LogP contribution in [0.1, 0.15) is 91.1 Å². The normalized spacial score (nSPS) is 9.68. The van der Waals surface area contributed by atoms with Crippen LogP contribution in [0.2, 0.25) is 0 Å². The smallest absolute Gasteiger partial charge is 0.338 e. The molecule has 0 bridgehead atoms. The summed E-state index contributed by atoms with van der Waals surface area (Å²) in [5.41, 5.74) is 1.73. The molecule has 0 aliphatic rings. The number of esters is 4. The highest BCUT2D eigenvalue weighted by molar-refractivity contribution is 6.04. The number of unbranched alkanes of at least 4 members (excludes halogenated alkanes) is 5. The van der Waals surface area contributed by atoms with Gasteiger partial charge in [-0.3, -0.25) is 0 Å². The summed E-state index contributed by atoms with van der Waals surface area (Å²) < 4.78 is 18.9. The van der Waals surface area contributed by atoms with Crippen LogP contribution < -0.4 is 0 Å². The largest absolute Gasteiger partial charge is 0.465 e. The lowest BCUT2D eigenvalue weighted by molar-refractivity contribution is 0.0555. The minimum atomic E-state index is -0.626. The predicted octanol–water partition coefficient (Wildman–Crippen LogP) is 4.58. The fraction of sp³-hybridized carbons (Fsp3) is 0.333. The molecule has 0 aliphatic carbocycles. The van der Waals surface area contributed by atoms with Crippen molar-refractivity contribution in [3.63, 3.8) is 0 Å². The third-order valence-electron chi connectivity index (χ3n) is 5.48. The average molecular weight is 519 g/mol. The van der Waals surface area contributed by atoms with E-state index < -0.39 is 23.9 Å². The Hall–Kier alpha value is -4.56. The number of benzene rings is 2. The van der Waals surface area contributed by atoms with Crippen molar-refractivity contribution < 1.29 is 38.1 Å². The highest BCUT2D eigenvalue weighted by Gasteiger charge is 2.19. The van der Waals surface area contributed by atoms with E-state index in [-0.39, 0.29) is 22.3 Å². The van der Waals surface area contributed by atoms with Crippen molar-refractivity contribution in [3.05, 3.63) is 69.8 Å². The summed E-state index contributed by atoms with van der Waals surface area (Å²) in [6.07, 6.45) is 5.21. The molecule has 0 amide bonds. The van der Waals surface area contributed by atoms with E-state index >= 15 is 0 Å². The van der Waals surface area contributed by atoms with Crippen LogP contribution in [0.15, 0.2) is 36.4 Å². The molecule has 8 heteroatoms. The molecular weight excluding hydrogens is 488 g/mol. The molecule has 0 radical (unpaired) electrons. The second kappa shape index (κ2) is 15.5. The fourth-order valence-electron chi connectivity index (χ4n) is 3.49. The monoisotopic (exact) mass is 518 g/mol. The Morgan fingerprint density at radius 1 is 0.526 bits per heavy atom. The van der Waals surface area contributed by atoms with Gasteiger partial charge in [-0.2, -0.15) is 0 Å². The van der Waals surface area contributed by atoms with Gasteiger partial charge in [-0.05, 0) is 49.2 Å². The van der Waals surface area contributed by atoms with E-state index in [1.54, 1.807) is 12.1 Å². The van der Waals surface area contributed by atoms with Gasteiger partial charge in [0.15, 0.2) is 0 Å². The van der Waals surface area contributed by atoms with Crippen LogP contribution in [0.4, 0.5) is 0 Å². The van der Waals surface area contributed by atoms with Crippen LogP contribution in [-0.4, -0.2) is 52.3 Å². The number of rotatable bonds is 9. The molecule has 0 unspecified atom stereocenters. The summed E-state index contributed by atoms with van der Waals surface area (Å²) in [6, 6.07) is 9.41. The van der Waals surface area contributed by atoms with E-state index in [0.29, 0.717) is 24.0 Å². The Balaban J connectivity index is 1.82. The van der Waals surface area contributed by atoms with Crippen LogP contribution in [0.5, 0.6) is 0 Å². The van der Waals surface area contributed by atoms with E-state index in [1.165, 1.54) is 52.7 Å². The van der Waals surface area contributed by atoms with Gasteiger partial charge in [0.1, 0.15) is 0 Å². The van der Waals surface area contributed by atoms with Crippen LogP contribution in [0, 0.1) is 23.7 Å². The Morgan fingerprint density at radius 3 is 1.21 bits per heavy atom. The number of ether oxygens (including phenoxy) is 4. The van der Waals surface area contributed by atoms with Gasteiger partial charge < -0.3 is 18.9 Å². The van der Waals surface area contributed by atoms with Gasteiger partial charge in [-0.1, -0.05) is 36.5 Å². The lowest BCUT2D eigenvalue weighted by Crippen LogP contribution is -2.12. The third kappa shape index (κ3) is 8.53. The molecule has 0 spiro atoms. The predicted molar refractivity (Wildman–Crippen MR) is 140 cm³/mol. The van der Waals surface area contributed by atoms with Crippen LogP contribution in [0.3, 0.4) is 0 Å². The molecule has 0 saturated carbocycles. The molecule has 2 aromatic rings. The quantitative estimate of drug-likeness (QED) is 0.206. The zero-order valence-corrected chi connectivity index (χ0v) is 22.0. The molecule has 0 N–H and O–H groups in total. The minimum absolute atomic E-state index is 0.119. The fourth-order valence-corrected chi connectivity index (χ4v) is 3.49. The average Bonchev–Trinajstić information content (AvgIpc) is 2.96. The van der Waals surface area contributed by atoms with Crippen molar-refractivity contribution >= 4 is 23.9 Å². The topological polar surface area (TPSA) is 105 Å². The van der Waals surface area contributed by atoms with Crippen molar-refractivity contribution in [1.82, 2.24) is 0 Å². The molecule has 0 saturated heterocycles. The van der Waals surface area contributed by atoms with Crippen molar-refractivity contribution in [1.29, 1.82) is 0 Å². The first-order valence-electron chi connectivity index (χ1n) is 11.9. The highest BCUT2D eigenvalue weighted by Crippen LogP contribution is 2.16. The summed E-state index contributed by atoms with van der Waals surface area (Å²) in [4.78, 5) is 47.7. The van der Waals surface area contributed by atoms with Gasteiger partial charge in [-0.25, -0.2) is 19.2 Å². The van der Waals surface area contributed by atoms with E-state index in [1.807, 2.05) is 0 Å². The van der Waals surface area contributed by atoms with Gasteiger partial charge >= 0.3 is 23.9 Å². The number of hydrogen-bond acceptors (Lipinski definition) is 8. The molecule has 2 rings (SSSR count). The molecular formula is C30H30O8. The van der Waals surface area contributed by atoms with E-state index in [0.717, 1.165) is 25.7 Å². The van der Waals surface area contributed by atoms with Gasteiger partial charge in [0, 0.05) is 24.0 Å². The zero-order valence-electron chi connectivity index (χ0n) is 22.0. The summed E-state index contributed by atoms with van der Waals surface area (Å²) in [7, 11) is 4.99. The Kier molecular flexibility index (Phi) is 12.1. The summed E-state index contributed by atoms with van der Waals surface area (Å²) in [6.45, 7) is 0. The second-order valence-corrected chi connectivity index (χ2v) is 8.00. The lowest BCUT2D eigenvalue weighted by atomic mass is 10.0. The number of methoxy groups -OCH3 is 4. The SMILES string of the molecule is COC(=O)c1ccc(C#CCCCCCCC#Cc2ccc(C(=O)OC)c(C(=O)OC)c2)cc1C(=O)OC. The molecule has 0 aromatic heterocycles. The Bertz CT molecular complexity index is 1200. The zero-order chi connectivity index (χ0) is 27.9. The Labute approximate surface area is 222 Å². The summed E-state index contributed by atoms with van der Waals surface area (Å²) in [5, 5.41) is 0. The van der Waals surface area contributed by atoms with Gasteiger partial charge in [0.2, 0.25) is 0 Å². The third-order valence-corrected chi connectivity index (χ3v) is 5.48. The Morgan fingerprint density at radius 2 is 0.868 bits per heavy atom. The van der Waals surface area contributed by atoms with E-state index in [2.05, 4.69) is 23.7 Å². The molecule has 8 nitrogen and oxygen atoms in total. The second-order valence-electron chi connectivity index (χ2n) is 8.00. The van der Waals surface area contributed by atoms with Crippen molar-refractivity contribution in [3.8, 4) is 23.7 Å². The molecule has 0 atom stereocenters. The van der Waals surface area contributed by atoms with Crippen LogP contribution in [0.25, 0.3) is 0 Å². The van der Waals surface area contributed by atoms with E-state index in [4.69, 9.17) is 18.9 Å². The maximum Gasteiger partial charge on any atom is 0.338 e. The number of carbonyl (C=O) groups is 4. The minimum Gasteiger partial charge on any atom is -0.465 e. The number of hydrogen-bond donors (Lipinski definition) is 0. The highest BCUT2D eigenvalue weighted by atomic mass is 16.5. The first kappa shape index (κ1) is 29.7. The molecule has 0 heterocycles. The molecule has 38 heavy (non-hydrogen) atoms. The first-order valence-corrected chi connectivity index (χ1v) is 11.9. The van der Waals surface area contributed by atoms with Gasteiger partial charge in [0.05, 0.1) is 50.7 Å². The van der Waals surface area contributed by atoms with Crippen molar-refractivity contribution in [2.45, 2.75) is 38.5 Å². The maximum absolute atomic E-state index is 12.0. The summed E-state index contributed by atoms with van der Waals surface area (Å²) >= 11 is 0. The van der Waals surface area contributed by atoms with Crippen molar-refractivity contribution in [2.24, 2.45) is 0 Å². The maximum atomic E-state index is 12.0. The lowest BCUT2D eigenvalue weighted by Gasteiger charge is -2.06. The summed E-state index contributed by atoms with van der Waals surface area (Å²) in [5.74, 6) is 9.73.